The summed E-state index contributed by atoms with van der Waals surface area (Å²) in [6, 6.07) is 6.66. The van der Waals surface area contributed by atoms with Gasteiger partial charge in [-0.25, -0.2) is 9.37 Å². The summed E-state index contributed by atoms with van der Waals surface area (Å²) in [4.78, 5) is 103. The van der Waals surface area contributed by atoms with Crippen molar-refractivity contribution >= 4 is 65.6 Å². The molecule has 0 saturated carbocycles. The second-order valence-electron chi connectivity index (χ2n) is 19.9. The van der Waals surface area contributed by atoms with Gasteiger partial charge in [-0.2, -0.15) is 0 Å². The number of hydrogen-bond acceptors (Lipinski definition) is 12. The molecule has 0 spiro atoms. The first-order valence-corrected chi connectivity index (χ1v) is 25.0. The number of fused-ring (bicyclic) bond motifs is 1. The fourth-order valence-electron chi connectivity index (χ4n) is 9.52. The molecule has 7 atom stereocenters. The number of primary amides is 1. The Kier molecular flexibility index (Phi) is 19.5. The predicted molar refractivity (Wildman–Crippen MR) is 271 cm³/mol. The van der Waals surface area contributed by atoms with Gasteiger partial charge >= 0.3 is 0 Å². The number of nitrogens with zero attached hydrogens (tertiary/aromatic N) is 5. The number of aliphatic hydroxyl groups is 1. The zero-order valence-electron chi connectivity index (χ0n) is 42.0. The summed E-state index contributed by atoms with van der Waals surface area (Å²) in [5, 5.41) is 16.6. The van der Waals surface area contributed by atoms with Gasteiger partial charge in [0.15, 0.2) is 11.6 Å². The first-order chi connectivity index (χ1) is 33.6. The Bertz CT molecular complexity index is 2500. The highest BCUT2D eigenvalue weighted by Gasteiger charge is 2.45. The molecule has 72 heavy (non-hydrogen) atoms. The van der Waals surface area contributed by atoms with E-state index in [9.17, 15) is 38.7 Å². The Balaban J connectivity index is 0.00000963. The molecule has 1 aromatic heterocycles. The first-order valence-electron chi connectivity index (χ1n) is 24.1. The minimum Gasteiger partial charge on any atom is -0.488 e. The van der Waals surface area contributed by atoms with Crippen LogP contribution in [0, 0.1) is 25.1 Å². The molecule has 18 nitrogen and oxygen atoms in total. The zero-order valence-corrected chi connectivity index (χ0v) is 43.7. The van der Waals surface area contributed by atoms with Crippen LogP contribution in [0.5, 0.6) is 5.75 Å². The second kappa shape index (κ2) is 24.6. The van der Waals surface area contributed by atoms with Crippen molar-refractivity contribution in [1.82, 2.24) is 35.2 Å². The van der Waals surface area contributed by atoms with E-state index in [4.69, 9.17) is 16.2 Å². The maximum atomic E-state index is 16.3. The van der Waals surface area contributed by atoms with Crippen LogP contribution >= 0.6 is 23.7 Å². The summed E-state index contributed by atoms with van der Waals surface area (Å²) in [6.07, 6.45) is 1.45. The van der Waals surface area contributed by atoms with Gasteiger partial charge in [0.1, 0.15) is 30.9 Å². The van der Waals surface area contributed by atoms with Crippen LogP contribution in [0.15, 0.2) is 53.7 Å². The minimum atomic E-state index is -1.05. The van der Waals surface area contributed by atoms with Crippen molar-refractivity contribution in [2.75, 3.05) is 26.2 Å². The van der Waals surface area contributed by atoms with Crippen LogP contribution < -0.4 is 26.8 Å². The Morgan fingerprint density at radius 2 is 1.79 bits per heavy atom. The van der Waals surface area contributed by atoms with Crippen LogP contribution in [-0.4, -0.2) is 134 Å². The average Bonchev–Trinajstić information content (AvgIpc) is 4.05. The molecule has 7 amide bonds. The molecular formula is C51H69ClFN9O9S. The molecule has 6 rings (SSSR count). The number of aliphatic hydroxyl groups excluding tert-OH is 1. The minimum absolute atomic E-state index is 0. The summed E-state index contributed by atoms with van der Waals surface area (Å²) in [5.74, 6) is -3.48. The molecule has 0 bridgehead atoms. The number of amides is 7. The monoisotopic (exact) mass is 1040 g/mol. The van der Waals surface area contributed by atoms with E-state index in [0.717, 1.165) is 21.7 Å². The molecule has 21 heteroatoms. The van der Waals surface area contributed by atoms with Crippen molar-refractivity contribution < 1.29 is 47.8 Å². The van der Waals surface area contributed by atoms with E-state index in [0.29, 0.717) is 30.6 Å². The molecule has 2 aromatic carbocycles. The van der Waals surface area contributed by atoms with Crippen molar-refractivity contribution in [2.24, 2.45) is 16.9 Å². The number of nitrogens with two attached hydrogens (primary N) is 2. The molecular weight excluding hydrogens is 969 g/mol. The molecule has 4 heterocycles. The molecule has 3 aliphatic heterocycles. The highest BCUT2D eigenvalue weighted by molar-refractivity contribution is 7.13. The van der Waals surface area contributed by atoms with Crippen molar-refractivity contribution in [3.05, 3.63) is 81.9 Å². The largest absolute Gasteiger partial charge is 0.488 e. The summed E-state index contributed by atoms with van der Waals surface area (Å²) >= 11 is 1.55. The number of halogens is 2. The number of aryl methyl sites for hydroxylation is 3. The lowest BCUT2D eigenvalue weighted by atomic mass is 9.85. The van der Waals surface area contributed by atoms with E-state index in [2.05, 4.69) is 15.6 Å². The van der Waals surface area contributed by atoms with Gasteiger partial charge in [0.25, 0.3) is 0 Å². The molecule has 2 fully saturated rings. The van der Waals surface area contributed by atoms with Gasteiger partial charge in [-0.1, -0.05) is 57.2 Å². The lowest BCUT2D eigenvalue weighted by Gasteiger charge is -2.41. The number of thiazole rings is 1. The average molecular weight is 1040 g/mol. The molecule has 392 valence electrons. The number of β-amino-alcohol motifs (C(OH)–C–C–N with tert-alkyl or cyclic N) is 1. The quantitative estimate of drug-likeness (QED) is 0.107. The number of aromatic nitrogens is 1. The van der Waals surface area contributed by atoms with E-state index in [1.54, 1.807) is 50.6 Å². The fraction of sp³-hybridized carbons (Fsp3) is 0.529. The molecule has 3 aliphatic rings. The van der Waals surface area contributed by atoms with E-state index in [1.165, 1.54) is 32.6 Å². The van der Waals surface area contributed by atoms with Crippen LogP contribution in [0.2, 0.25) is 0 Å². The number of carbonyl (C=O) groups is 7. The van der Waals surface area contributed by atoms with Crippen LogP contribution in [0.3, 0.4) is 0 Å². The Hall–Kier alpha value is -5.96. The molecule has 2 saturated heterocycles. The summed E-state index contributed by atoms with van der Waals surface area (Å²) < 4.78 is 22.3. The highest BCUT2D eigenvalue weighted by atomic mass is 35.5. The van der Waals surface area contributed by atoms with E-state index in [1.807, 2.05) is 44.2 Å². The van der Waals surface area contributed by atoms with Crippen LogP contribution in [0.4, 0.5) is 4.39 Å². The van der Waals surface area contributed by atoms with Gasteiger partial charge in [-0.15, -0.1) is 23.7 Å². The zero-order chi connectivity index (χ0) is 51.9. The molecule has 7 N–H and O–H groups in total. The van der Waals surface area contributed by atoms with Crippen molar-refractivity contribution in [3.8, 4) is 16.2 Å². The molecule has 3 aromatic rings. The normalized spacial score (nSPS) is 20.2. The number of ether oxygens (including phenoxy) is 1. The van der Waals surface area contributed by atoms with Gasteiger partial charge in [-0.05, 0) is 73.8 Å². The first kappa shape index (κ1) is 56.9. The number of nitrogens with one attached hydrogen (secondary N) is 2. The van der Waals surface area contributed by atoms with Crippen molar-refractivity contribution in [1.29, 1.82) is 0 Å². The third-order valence-corrected chi connectivity index (χ3v) is 14.4. The van der Waals surface area contributed by atoms with Gasteiger partial charge in [0.2, 0.25) is 41.9 Å². The highest BCUT2D eigenvalue weighted by Crippen LogP contribution is 2.33. The van der Waals surface area contributed by atoms with Crippen LogP contribution in [0.1, 0.15) is 108 Å². The maximum Gasteiger partial charge on any atom is 0.247 e. The number of benzene rings is 2. The molecule has 0 unspecified atom stereocenters. The van der Waals surface area contributed by atoms with Crippen LogP contribution in [-0.2, 0) is 40.0 Å². The van der Waals surface area contributed by atoms with Crippen molar-refractivity contribution in [2.45, 2.75) is 142 Å². The second-order valence-corrected chi connectivity index (χ2v) is 20.8. The number of rotatable bonds is 19. The van der Waals surface area contributed by atoms with Gasteiger partial charge < -0.3 is 46.6 Å². The predicted octanol–water partition coefficient (Wildman–Crippen LogP) is 4.17. The Morgan fingerprint density at radius 1 is 1.08 bits per heavy atom. The van der Waals surface area contributed by atoms with Gasteiger partial charge in [-0.3, -0.25) is 38.5 Å². The standard InChI is InChI=1S/C51H68FN9O9S.ClH/c1-29-21-35(45(52)41(22-29)70-26-37(15-17-42(54)65)60(28-62)44-18-16-36-19-20-58(32(4)63)25-39(53)49(68)61(36)44)9-8-10-43(66)57-47(51(5,6)7)50(69)59-24-38(64)23-40(59)48(67)56-30(2)33-11-13-34(14-12-33)46-31(3)55-27-71-46;/h11-14,16,21-22,27-28,30,37-40,44,47,64H,8-10,15,17-20,23-26,53H2,1-7H3,(H2,54,65)(H,56,67)(H,57,66);1H/t30-,37-,38+,39-,40-,44-,47+;/m0./s1. The smallest absolute Gasteiger partial charge is 0.247 e. The number of hydrogen-bond donors (Lipinski definition) is 5. The number of carbonyl (C=O) groups excluding carboxylic acids is 7. The number of likely N-dealkylation sites (tertiary alicyclic amines) is 1. The van der Waals surface area contributed by atoms with E-state index in [-0.39, 0.29) is 94.3 Å². The topological polar surface area (TPSA) is 251 Å². The van der Waals surface area contributed by atoms with Gasteiger partial charge in [0, 0.05) is 64.4 Å². The Morgan fingerprint density at radius 3 is 2.42 bits per heavy atom. The summed E-state index contributed by atoms with van der Waals surface area (Å²) in [6.45, 7) is 12.3. The van der Waals surface area contributed by atoms with Crippen LogP contribution in [0.25, 0.3) is 10.4 Å². The lowest BCUT2D eigenvalue weighted by molar-refractivity contribution is -0.144. The third kappa shape index (κ3) is 13.8. The lowest BCUT2D eigenvalue weighted by Crippen LogP contribution is -2.59. The SMILES string of the molecule is CC(=O)N1CCC2=CC[C@@H](N(C=O)[C@@H](CCC(N)=O)COc3cc(C)cc(CCCC(=O)N[C@H](C(=O)N4C[C@H](O)C[C@H]4C(=O)N[C@@H](C)c4ccc(-c5scnc5C)cc4)C(C)(C)C)c3F)N2C(=O)[C@@H](N)C1.Cl. The van der Waals surface area contributed by atoms with E-state index >= 15 is 4.39 Å². The summed E-state index contributed by atoms with van der Waals surface area (Å²) in [5.41, 5.74) is 17.1. The van der Waals surface area contributed by atoms with Gasteiger partial charge in [0.05, 0.1) is 34.3 Å². The third-order valence-electron chi connectivity index (χ3n) is 13.4. The molecule has 0 radical (unpaired) electrons. The maximum absolute atomic E-state index is 16.3. The molecule has 0 aliphatic carbocycles. The fourth-order valence-corrected chi connectivity index (χ4v) is 10.3. The van der Waals surface area contributed by atoms with Crippen molar-refractivity contribution in [3.63, 3.8) is 0 Å². The summed E-state index contributed by atoms with van der Waals surface area (Å²) in [7, 11) is 0. The Labute approximate surface area is 430 Å². The van der Waals surface area contributed by atoms with E-state index < -0.39 is 83.2 Å².